The number of amides is 1. The van der Waals surface area contributed by atoms with Crippen molar-refractivity contribution in [3.05, 3.63) is 71.4 Å². The first-order valence-corrected chi connectivity index (χ1v) is 8.97. The number of methoxy groups -OCH3 is 2. The molecule has 134 valence electrons. The zero-order chi connectivity index (χ0) is 18.4. The third kappa shape index (κ3) is 4.15. The van der Waals surface area contributed by atoms with E-state index in [0.29, 0.717) is 18.0 Å². The molecule has 5 nitrogen and oxygen atoms in total. The molecule has 1 aromatic carbocycles. The van der Waals surface area contributed by atoms with E-state index in [4.69, 9.17) is 9.47 Å². The van der Waals surface area contributed by atoms with E-state index in [9.17, 15) is 4.79 Å². The van der Waals surface area contributed by atoms with E-state index < -0.39 is 0 Å². The van der Waals surface area contributed by atoms with E-state index in [-0.39, 0.29) is 5.91 Å². The van der Waals surface area contributed by atoms with E-state index >= 15 is 0 Å². The average Bonchev–Trinajstić information content (AvgIpc) is 3.35. The Kier molecular flexibility index (Phi) is 5.76. The molecular weight excluding hydrogens is 348 g/mol. The molecule has 0 unspecified atom stereocenters. The number of carbonyl (C=O) groups is 1. The lowest BCUT2D eigenvalue weighted by atomic mass is 10.1. The molecule has 0 aliphatic heterocycles. The number of ether oxygens (including phenoxy) is 2. The zero-order valence-corrected chi connectivity index (χ0v) is 15.5. The Balaban J connectivity index is 1.65. The number of benzene rings is 1. The Bertz CT molecular complexity index is 898. The molecular formula is C20H20N2O3S. The van der Waals surface area contributed by atoms with Crippen molar-refractivity contribution >= 4 is 23.3 Å². The van der Waals surface area contributed by atoms with Crippen LogP contribution in [0, 0.1) is 0 Å². The second-order valence-electron chi connectivity index (χ2n) is 5.50. The van der Waals surface area contributed by atoms with Crippen molar-refractivity contribution in [1.82, 2.24) is 9.88 Å². The highest BCUT2D eigenvalue weighted by atomic mass is 32.1. The van der Waals surface area contributed by atoms with Gasteiger partial charge in [-0.15, -0.1) is 11.3 Å². The van der Waals surface area contributed by atoms with Crippen LogP contribution in [0.5, 0.6) is 11.5 Å². The molecule has 0 radical (unpaired) electrons. The second kappa shape index (κ2) is 8.40. The monoisotopic (exact) mass is 368 g/mol. The molecule has 0 bridgehead atoms. The van der Waals surface area contributed by atoms with Crippen LogP contribution in [0.25, 0.3) is 11.1 Å². The van der Waals surface area contributed by atoms with Crippen molar-refractivity contribution < 1.29 is 14.3 Å². The van der Waals surface area contributed by atoms with Crippen LogP contribution in [0.2, 0.25) is 0 Å². The molecule has 1 amide bonds. The summed E-state index contributed by atoms with van der Waals surface area (Å²) in [4.78, 5) is 12.2. The standard InChI is InChI=1S/C20H20N2O3S/c1-24-17-6-7-18(25-2)15(13-17)5-8-19(23)21-14-16-9-12-26-20(16)22-10-3-4-11-22/h3-13H,14H2,1-2H3,(H,21,23)/b8-5+. The van der Waals surface area contributed by atoms with Crippen LogP contribution < -0.4 is 14.8 Å². The van der Waals surface area contributed by atoms with Gasteiger partial charge in [0.05, 0.1) is 14.2 Å². The fourth-order valence-corrected chi connectivity index (χ4v) is 3.43. The van der Waals surface area contributed by atoms with Gasteiger partial charge in [-0.25, -0.2) is 0 Å². The molecule has 0 spiro atoms. The average molecular weight is 368 g/mol. The summed E-state index contributed by atoms with van der Waals surface area (Å²) in [5.74, 6) is 1.22. The predicted octanol–water partition coefficient (Wildman–Crippen LogP) is 3.89. The van der Waals surface area contributed by atoms with Gasteiger partial charge in [0.15, 0.2) is 0 Å². The SMILES string of the molecule is COc1ccc(OC)c(/C=C/C(=O)NCc2ccsc2-n2cccc2)c1. The summed E-state index contributed by atoms with van der Waals surface area (Å²) in [6.45, 7) is 0.468. The fraction of sp³-hybridized carbons (Fsp3) is 0.150. The number of carbonyl (C=O) groups excluding carboxylic acids is 1. The van der Waals surface area contributed by atoms with Gasteiger partial charge >= 0.3 is 0 Å². The van der Waals surface area contributed by atoms with Crippen molar-refractivity contribution in [2.24, 2.45) is 0 Å². The Morgan fingerprint density at radius 1 is 1.19 bits per heavy atom. The minimum Gasteiger partial charge on any atom is -0.497 e. The maximum Gasteiger partial charge on any atom is 0.244 e. The molecule has 6 heteroatoms. The second-order valence-corrected chi connectivity index (χ2v) is 6.39. The first-order chi connectivity index (χ1) is 12.7. The lowest BCUT2D eigenvalue weighted by Gasteiger charge is -2.07. The summed E-state index contributed by atoms with van der Waals surface area (Å²) in [6, 6.07) is 11.4. The van der Waals surface area contributed by atoms with Gasteiger partial charge in [-0.2, -0.15) is 0 Å². The van der Waals surface area contributed by atoms with Crippen molar-refractivity contribution in [1.29, 1.82) is 0 Å². The molecule has 3 rings (SSSR count). The molecule has 0 fully saturated rings. The number of rotatable bonds is 7. The largest absolute Gasteiger partial charge is 0.497 e. The van der Waals surface area contributed by atoms with Gasteiger partial charge in [0.1, 0.15) is 16.5 Å². The molecule has 0 aliphatic carbocycles. The molecule has 0 atom stereocenters. The number of thiophene rings is 1. The van der Waals surface area contributed by atoms with Crippen molar-refractivity contribution in [3.63, 3.8) is 0 Å². The van der Waals surface area contributed by atoms with E-state index in [1.54, 1.807) is 31.6 Å². The van der Waals surface area contributed by atoms with Gasteiger partial charge < -0.3 is 19.4 Å². The first kappa shape index (κ1) is 17.8. The highest BCUT2D eigenvalue weighted by molar-refractivity contribution is 7.12. The third-order valence-corrected chi connectivity index (χ3v) is 4.84. The maximum absolute atomic E-state index is 12.2. The topological polar surface area (TPSA) is 52.5 Å². The minimum atomic E-state index is -0.167. The highest BCUT2D eigenvalue weighted by Gasteiger charge is 2.07. The Hall–Kier alpha value is -2.99. The Labute approximate surface area is 156 Å². The van der Waals surface area contributed by atoms with E-state index in [1.807, 2.05) is 58.7 Å². The Morgan fingerprint density at radius 2 is 2.00 bits per heavy atom. The van der Waals surface area contributed by atoms with E-state index in [0.717, 1.165) is 16.1 Å². The van der Waals surface area contributed by atoms with Crippen LogP contribution in [-0.4, -0.2) is 24.7 Å². The molecule has 0 aliphatic rings. The maximum atomic E-state index is 12.2. The number of hydrogen-bond donors (Lipinski definition) is 1. The van der Waals surface area contributed by atoms with Crippen molar-refractivity contribution in [3.8, 4) is 16.5 Å². The summed E-state index contributed by atoms with van der Waals surface area (Å²) < 4.78 is 12.6. The van der Waals surface area contributed by atoms with Gasteiger partial charge in [0, 0.05) is 36.1 Å². The van der Waals surface area contributed by atoms with E-state index in [2.05, 4.69) is 5.32 Å². The van der Waals surface area contributed by atoms with Crippen molar-refractivity contribution in [2.45, 2.75) is 6.54 Å². The number of hydrogen-bond acceptors (Lipinski definition) is 4. The third-order valence-electron chi connectivity index (χ3n) is 3.87. The highest BCUT2D eigenvalue weighted by Crippen LogP contribution is 2.25. The summed E-state index contributed by atoms with van der Waals surface area (Å²) in [5.41, 5.74) is 1.86. The van der Waals surface area contributed by atoms with Crippen LogP contribution >= 0.6 is 11.3 Å². The van der Waals surface area contributed by atoms with Gasteiger partial charge in [-0.05, 0) is 47.9 Å². The zero-order valence-electron chi connectivity index (χ0n) is 14.6. The first-order valence-electron chi connectivity index (χ1n) is 8.09. The number of nitrogens with zero attached hydrogens (tertiary/aromatic N) is 1. The molecule has 0 saturated heterocycles. The minimum absolute atomic E-state index is 0.167. The lowest BCUT2D eigenvalue weighted by Crippen LogP contribution is -2.20. The molecule has 2 heterocycles. The fourth-order valence-electron chi connectivity index (χ4n) is 2.54. The molecule has 26 heavy (non-hydrogen) atoms. The Morgan fingerprint density at radius 3 is 2.73 bits per heavy atom. The normalized spacial score (nSPS) is 10.8. The van der Waals surface area contributed by atoms with Gasteiger partial charge in [0.2, 0.25) is 5.91 Å². The van der Waals surface area contributed by atoms with Crippen molar-refractivity contribution in [2.75, 3.05) is 14.2 Å². The summed E-state index contributed by atoms with van der Waals surface area (Å²) >= 11 is 1.64. The van der Waals surface area contributed by atoms with Gasteiger partial charge in [0.25, 0.3) is 0 Å². The van der Waals surface area contributed by atoms with Gasteiger partial charge in [-0.1, -0.05) is 0 Å². The molecule has 3 aromatic rings. The summed E-state index contributed by atoms with van der Waals surface area (Å²) in [7, 11) is 3.20. The van der Waals surface area contributed by atoms with Crippen LogP contribution in [0.3, 0.4) is 0 Å². The van der Waals surface area contributed by atoms with Crippen LogP contribution in [-0.2, 0) is 11.3 Å². The molecule has 0 saturated carbocycles. The number of aromatic nitrogens is 1. The van der Waals surface area contributed by atoms with Gasteiger partial charge in [-0.3, -0.25) is 4.79 Å². The van der Waals surface area contributed by atoms with Crippen LogP contribution in [0.1, 0.15) is 11.1 Å². The smallest absolute Gasteiger partial charge is 0.244 e. The molecule has 1 N–H and O–H groups in total. The molecule has 2 aromatic heterocycles. The van der Waals surface area contributed by atoms with Crippen LogP contribution in [0.4, 0.5) is 0 Å². The summed E-state index contributed by atoms with van der Waals surface area (Å²) in [5, 5.41) is 6.05. The quantitative estimate of drug-likeness (QED) is 0.644. The lowest BCUT2D eigenvalue weighted by molar-refractivity contribution is -0.116. The van der Waals surface area contributed by atoms with Crippen LogP contribution in [0.15, 0.2) is 60.2 Å². The predicted molar refractivity (Wildman–Crippen MR) is 104 cm³/mol. The number of nitrogens with one attached hydrogen (secondary N) is 1. The summed E-state index contributed by atoms with van der Waals surface area (Å²) in [6.07, 6.45) is 7.20. The van der Waals surface area contributed by atoms with E-state index in [1.165, 1.54) is 6.08 Å².